The van der Waals surface area contributed by atoms with E-state index in [-0.39, 0.29) is 5.41 Å². The molecule has 0 saturated carbocycles. The second kappa shape index (κ2) is 11.3. The van der Waals surface area contributed by atoms with Crippen LogP contribution >= 0.6 is 0 Å². The quantitative estimate of drug-likeness (QED) is 0.199. The van der Waals surface area contributed by atoms with Crippen molar-refractivity contribution in [2.45, 2.75) is 19.3 Å². The lowest BCUT2D eigenvalue weighted by Gasteiger charge is -2.42. The summed E-state index contributed by atoms with van der Waals surface area (Å²) >= 11 is 0. The van der Waals surface area contributed by atoms with Crippen molar-refractivity contribution in [3.63, 3.8) is 0 Å². The van der Waals surface area contributed by atoms with Gasteiger partial charge in [0, 0.05) is 27.8 Å². The van der Waals surface area contributed by atoms with Crippen LogP contribution in [0.15, 0.2) is 164 Å². The van der Waals surface area contributed by atoms with Gasteiger partial charge in [-0.2, -0.15) is 0 Å². The summed E-state index contributed by atoms with van der Waals surface area (Å²) in [4.78, 5) is 12.5. The van der Waals surface area contributed by atoms with Gasteiger partial charge in [-0.1, -0.05) is 141 Å². The summed E-state index contributed by atoms with van der Waals surface area (Å²) in [6.07, 6.45) is 0. The van der Waals surface area contributed by atoms with Crippen molar-refractivity contribution in [3.8, 4) is 45.0 Å². The van der Waals surface area contributed by atoms with E-state index in [1.165, 1.54) is 22.5 Å². The highest BCUT2D eigenvalue weighted by Crippen LogP contribution is 2.51. The van der Waals surface area contributed by atoms with Gasteiger partial charge in [-0.3, -0.25) is 0 Å². The van der Waals surface area contributed by atoms with Gasteiger partial charge in [-0.05, 0) is 58.7 Å². The van der Waals surface area contributed by atoms with Crippen LogP contribution in [0.2, 0.25) is 0 Å². The lowest BCUT2D eigenvalue weighted by Crippen LogP contribution is -2.30. The number of anilines is 3. The molecule has 1 aliphatic rings. The highest BCUT2D eigenvalue weighted by molar-refractivity contribution is 5.87. The number of fused-ring (bicyclic) bond motifs is 2. The Hall–Kier alpha value is -5.80. The van der Waals surface area contributed by atoms with Crippen molar-refractivity contribution >= 4 is 17.1 Å². The monoisotopic (exact) mass is 591 g/mol. The van der Waals surface area contributed by atoms with Crippen molar-refractivity contribution in [1.29, 1.82) is 0 Å². The van der Waals surface area contributed by atoms with Crippen LogP contribution in [0.5, 0.6) is 0 Å². The molecule has 0 spiro atoms. The summed E-state index contributed by atoms with van der Waals surface area (Å²) in [7, 11) is 0. The Kier molecular flexibility index (Phi) is 6.80. The number of para-hydroxylation sites is 2. The van der Waals surface area contributed by atoms with E-state index in [0.717, 1.165) is 44.9 Å². The van der Waals surface area contributed by atoms with Gasteiger partial charge in [-0.25, -0.2) is 9.97 Å². The third-order valence-electron chi connectivity index (χ3n) is 9.06. The van der Waals surface area contributed by atoms with E-state index < -0.39 is 0 Å². The molecule has 0 aliphatic carbocycles. The number of benzene rings is 6. The van der Waals surface area contributed by atoms with Gasteiger partial charge >= 0.3 is 0 Å². The van der Waals surface area contributed by atoms with E-state index in [1.807, 2.05) is 36.4 Å². The molecule has 1 aromatic heterocycles. The Morgan fingerprint density at radius 3 is 1.46 bits per heavy atom. The van der Waals surface area contributed by atoms with E-state index in [0.29, 0.717) is 5.82 Å². The first-order valence-corrected chi connectivity index (χ1v) is 15.8. The number of rotatable bonds is 5. The van der Waals surface area contributed by atoms with Crippen LogP contribution in [-0.4, -0.2) is 9.97 Å². The number of hydrogen-bond acceptors (Lipinski definition) is 3. The molecule has 0 atom stereocenters. The fraction of sp³-hybridized carbons (Fsp3) is 0.0698. The van der Waals surface area contributed by atoms with Gasteiger partial charge in [0.2, 0.25) is 0 Å². The second-order valence-corrected chi connectivity index (χ2v) is 12.3. The van der Waals surface area contributed by atoms with Crippen LogP contribution in [0.4, 0.5) is 17.1 Å². The minimum Gasteiger partial charge on any atom is -0.310 e. The molecule has 7 aromatic rings. The Balaban J connectivity index is 1.23. The average molecular weight is 592 g/mol. The molecule has 220 valence electrons. The standard InChI is InChI=1S/C43H33N3/c1-43(2)36-23-9-11-25-40(36)46(41-26-12-10-24-37(41)43)35-22-14-20-33(28-35)32-19-13-21-34(27-32)42-44-38(30-15-5-3-6-16-30)29-39(45-42)31-17-7-4-8-18-31/h3-29H,1-2H3. The Labute approximate surface area is 270 Å². The Morgan fingerprint density at radius 1 is 0.413 bits per heavy atom. The fourth-order valence-corrected chi connectivity index (χ4v) is 6.70. The van der Waals surface area contributed by atoms with Crippen LogP contribution in [0, 0.1) is 0 Å². The number of nitrogens with zero attached hydrogens (tertiary/aromatic N) is 3. The molecule has 0 bridgehead atoms. The number of hydrogen-bond donors (Lipinski definition) is 0. The summed E-state index contributed by atoms with van der Waals surface area (Å²) < 4.78 is 0. The first kappa shape index (κ1) is 27.7. The summed E-state index contributed by atoms with van der Waals surface area (Å²) in [5.41, 5.74) is 13.3. The van der Waals surface area contributed by atoms with E-state index in [9.17, 15) is 0 Å². The predicted octanol–water partition coefficient (Wildman–Crippen LogP) is 11.3. The molecule has 0 saturated heterocycles. The molecular formula is C43H33N3. The minimum absolute atomic E-state index is 0.0947. The molecule has 3 heteroatoms. The third-order valence-corrected chi connectivity index (χ3v) is 9.06. The lowest BCUT2D eigenvalue weighted by molar-refractivity contribution is 0.632. The van der Waals surface area contributed by atoms with Gasteiger partial charge in [0.25, 0.3) is 0 Å². The zero-order chi connectivity index (χ0) is 31.1. The molecule has 0 amide bonds. The summed E-state index contributed by atoms with van der Waals surface area (Å²) in [5.74, 6) is 0.708. The SMILES string of the molecule is CC1(C)c2ccccc2N(c2cccc(-c3cccc(-c4nc(-c5ccccc5)cc(-c5ccccc5)n4)c3)c2)c2ccccc21. The molecular weight excluding hydrogens is 558 g/mol. The summed E-state index contributed by atoms with van der Waals surface area (Å²) in [6.45, 7) is 4.64. The van der Waals surface area contributed by atoms with Crippen molar-refractivity contribution in [2.75, 3.05) is 4.90 Å². The van der Waals surface area contributed by atoms with Crippen molar-refractivity contribution < 1.29 is 0 Å². The molecule has 0 unspecified atom stereocenters. The summed E-state index contributed by atoms with van der Waals surface area (Å²) in [5, 5.41) is 0. The normalized spacial score (nSPS) is 13.1. The molecule has 0 N–H and O–H groups in total. The van der Waals surface area contributed by atoms with Gasteiger partial charge in [0.1, 0.15) is 0 Å². The fourth-order valence-electron chi connectivity index (χ4n) is 6.70. The van der Waals surface area contributed by atoms with E-state index in [2.05, 4.69) is 146 Å². The van der Waals surface area contributed by atoms with Crippen molar-refractivity contribution in [2.24, 2.45) is 0 Å². The molecule has 0 fully saturated rings. The molecule has 3 nitrogen and oxygen atoms in total. The highest BCUT2D eigenvalue weighted by Gasteiger charge is 2.36. The van der Waals surface area contributed by atoms with Crippen LogP contribution in [0.3, 0.4) is 0 Å². The molecule has 2 heterocycles. The van der Waals surface area contributed by atoms with Crippen LogP contribution in [0.25, 0.3) is 45.0 Å². The van der Waals surface area contributed by atoms with E-state index in [4.69, 9.17) is 9.97 Å². The van der Waals surface area contributed by atoms with Gasteiger partial charge in [0.05, 0.1) is 22.8 Å². The zero-order valence-corrected chi connectivity index (χ0v) is 25.9. The summed E-state index contributed by atoms with van der Waals surface area (Å²) in [6, 6.07) is 57.7. The molecule has 0 radical (unpaired) electrons. The molecule has 6 aromatic carbocycles. The van der Waals surface area contributed by atoms with Gasteiger partial charge in [0.15, 0.2) is 5.82 Å². The smallest absolute Gasteiger partial charge is 0.160 e. The maximum absolute atomic E-state index is 5.07. The molecule has 8 rings (SSSR count). The predicted molar refractivity (Wildman–Crippen MR) is 191 cm³/mol. The first-order valence-electron chi connectivity index (χ1n) is 15.8. The lowest BCUT2D eigenvalue weighted by atomic mass is 9.73. The van der Waals surface area contributed by atoms with E-state index in [1.54, 1.807) is 0 Å². The molecule has 1 aliphatic heterocycles. The number of aromatic nitrogens is 2. The Bertz CT molecular complexity index is 2080. The maximum atomic E-state index is 5.07. The van der Waals surface area contributed by atoms with Gasteiger partial charge < -0.3 is 4.90 Å². The van der Waals surface area contributed by atoms with E-state index >= 15 is 0 Å². The topological polar surface area (TPSA) is 29.0 Å². The minimum atomic E-state index is -0.0947. The second-order valence-electron chi connectivity index (χ2n) is 12.3. The van der Waals surface area contributed by atoms with Crippen molar-refractivity contribution in [1.82, 2.24) is 9.97 Å². The zero-order valence-electron chi connectivity index (χ0n) is 25.9. The maximum Gasteiger partial charge on any atom is 0.160 e. The van der Waals surface area contributed by atoms with Crippen LogP contribution < -0.4 is 4.90 Å². The third kappa shape index (κ3) is 4.87. The first-order chi connectivity index (χ1) is 22.6. The van der Waals surface area contributed by atoms with Crippen LogP contribution in [0.1, 0.15) is 25.0 Å². The van der Waals surface area contributed by atoms with Gasteiger partial charge in [-0.15, -0.1) is 0 Å². The van der Waals surface area contributed by atoms with Crippen LogP contribution in [-0.2, 0) is 5.41 Å². The van der Waals surface area contributed by atoms with Crippen molar-refractivity contribution in [3.05, 3.63) is 175 Å². The largest absolute Gasteiger partial charge is 0.310 e. The molecule has 46 heavy (non-hydrogen) atoms. The average Bonchev–Trinajstić information content (AvgIpc) is 3.13. The Morgan fingerprint density at radius 2 is 0.870 bits per heavy atom. The highest BCUT2D eigenvalue weighted by atomic mass is 15.2.